The molecular weight excluding hydrogens is 216 g/mol. The van der Waals surface area contributed by atoms with Crippen molar-refractivity contribution in [3.8, 4) is 0 Å². The number of allylic oxidation sites excluding steroid dienone is 3. The van der Waals surface area contributed by atoms with E-state index in [1.807, 2.05) is 6.92 Å². The summed E-state index contributed by atoms with van der Waals surface area (Å²) < 4.78 is 0. The minimum Gasteiger partial charge on any atom is -0.229 e. The summed E-state index contributed by atoms with van der Waals surface area (Å²) in [6.45, 7) is 2.02. The molecule has 0 amide bonds. The number of nitrogens with zero attached hydrogens (tertiary/aromatic N) is 1. The van der Waals surface area contributed by atoms with Crippen molar-refractivity contribution in [3.05, 3.63) is 21.8 Å². The predicted molar refractivity (Wildman–Crippen MR) is 55.0 cm³/mol. The van der Waals surface area contributed by atoms with E-state index < -0.39 is 0 Å². The molecule has 0 bridgehead atoms. The van der Waals surface area contributed by atoms with Crippen molar-refractivity contribution in [2.75, 3.05) is 0 Å². The molecule has 0 saturated heterocycles. The summed E-state index contributed by atoms with van der Waals surface area (Å²) >= 11 is 17.4. The van der Waals surface area contributed by atoms with Gasteiger partial charge in [0.1, 0.15) is 10.3 Å². The maximum atomic E-state index is 5.93. The summed E-state index contributed by atoms with van der Waals surface area (Å²) in [7, 11) is 0. The van der Waals surface area contributed by atoms with Gasteiger partial charge in [-0.2, -0.15) is 0 Å². The lowest BCUT2D eigenvalue weighted by Crippen LogP contribution is -1.90. The molecule has 1 aliphatic rings. The maximum Gasteiger partial charge on any atom is 0.131 e. The summed E-state index contributed by atoms with van der Waals surface area (Å²) in [4.78, 5) is 3.91. The van der Waals surface area contributed by atoms with Gasteiger partial charge >= 0.3 is 0 Å². The topological polar surface area (TPSA) is 12.4 Å². The molecule has 0 fully saturated rings. The zero-order chi connectivity index (χ0) is 9.14. The molecule has 0 spiro atoms. The largest absolute Gasteiger partial charge is 0.229 e. The highest BCUT2D eigenvalue weighted by molar-refractivity contribution is 6.66. The van der Waals surface area contributed by atoms with E-state index in [1.165, 1.54) is 0 Å². The van der Waals surface area contributed by atoms with E-state index in [2.05, 4.69) is 4.99 Å². The van der Waals surface area contributed by atoms with Crippen LogP contribution in [0, 0.1) is 0 Å². The van der Waals surface area contributed by atoms with Gasteiger partial charge in [0.05, 0.1) is 0 Å². The molecule has 1 heterocycles. The van der Waals surface area contributed by atoms with E-state index in [4.69, 9.17) is 34.8 Å². The summed E-state index contributed by atoms with van der Waals surface area (Å²) in [5.74, 6) is 0. The summed E-state index contributed by atoms with van der Waals surface area (Å²) in [5.41, 5.74) is 1.07. The van der Waals surface area contributed by atoms with Crippen molar-refractivity contribution in [1.82, 2.24) is 0 Å². The number of rotatable bonds is 1. The lowest BCUT2D eigenvalue weighted by Gasteiger charge is -2.00. The molecule has 1 aliphatic heterocycles. The van der Waals surface area contributed by atoms with Gasteiger partial charge in [-0.15, -0.1) is 0 Å². The second-order valence-electron chi connectivity index (χ2n) is 2.44. The van der Waals surface area contributed by atoms with Gasteiger partial charge < -0.3 is 0 Å². The zero-order valence-corrected chi connectivity index (χ0v) is 8.84. The van der Waals surface area contributed by atoms with Crippen LogP contribution in [0.25, 0.3) is 0 Å². The van der Waals surface area contributed by atoms with Crippen molar-refractivity contribution in [2.24, 2.45) is 4.99 Å². The smallest absolute Gasteiger partial charge is 0.131 e. The fourth-order valence-corrected chi connectivity index (χ4v) is 1.82. The maximum absolute atomic E-state index is 5.93. The molecular formula is C8H8Cl3N. The van der Waals surface area contributed by atoms with Crippen LogP contribution in [0.3, 0.4) is 0 Å². The van der Waals surface area contributed by atoms with Crippen LogP contribution in [0.1, 0.15) is 19.8 Å². The van der Waals surface area contributed by atoms with Gasteiger partial charge in [-0.3, -0.25) is 0 Å². The van der Waals surface area contributed by atoms with Crippen LogP contribution in [0.15, 0.2) is 26.8 Å². The molecule has 0 unspecified atom stereocenters. The van der Waals surface area contributed by atoms with Gasteiger partial charge in [0.15, 0.2) is 0 Å². The number of hydrogen-bond donors (Lipinski definition) is 0. The van der Waals surface area contributed by atoms with E-state index in [9.17, 15) is 0 Å². The highest BCUT2D eigenvalue weighted by Crippen LogP contribution is 2.25. The van der Waals surface area contributed by atoms with E-state index in [1.54, 1.807) is 6.08 Å². The van der Waals surface area contributed by atoms with Crippen molar-refractivity contribution in [3.63, 3.8) is 0 Å². The van der Waals surface area contributed by atoms with Crippen molar-refractivity contribution in [2.45, 2.75) is 19.8 Å². The van der Waals surface area contributed by atoms with Gasteiger partial charge in [0.25, 0.3) is 0 Å². The first-order valence-electron chi connectivity index (χ1n) is 3.61. The Morgan fingerprint density at radius 2 is 2.08 bits per heavy atom. The van der Waals surface area contributed by atoms with Crippen LogP contribution in [0.4, 0.5) is 0 Å². The molecule has 0 radical (unpaired) electrons. The van der Waals surface area contributed by atoms with Crippen LogP contribution < -0.4 is 0 Å². The van der Waals surface area contributed by atoms with Gasteiger partial charge in [-0.05, 0) is 18.1 Å². The first-order chi connectivity index (χ1) is 5.63. The van der Waals surface area contributed by atoms with Gasteiger partial charge in [0.2, 0.25) is 0 Å². The van der Waals surface area contributed by atoms with Crippen molar-refractivity contribution < 1.29 is 0 Å². The van der Waals surface area contributed by atoms with E-state index in [0.717, 1.165) is 12.0 Å². The minimum atomic E-state index is 0.341. The SMILES string of the molecule is CCC1=C(Cl)C=C(Cl)N=C(Cl)C1. The summed E-state index contributed by atoms with van der Waals surface area (Å²) in [6.07, 6.45) is 3.09. The molecule has 4 heteroatoms. The Labute approximate surface area is 86.7 Å². The highest BCUT2D eigenvalue weighted by atomic mass is 35.5. The monoisotopic (exact) mass is 223 g/mol. The Hall–Kier alpha value is 0.0200. The van der Waals surface area contributed by atoms with Gasteiger partial charge in [-0.1, -0.05) is 41.7 Å². The average molecular weight is 225 g/mol. The normalized spacial score (nSPS) is 18.7. The number of aliphatic imine (C=N–C) groups is 1. The molecule has 1 rings (SSSR count). The Balaban J connectivity index is 3.02. The molecule has 12 heavy (non-hydrogen) atoms. The van der Waals surface area contributed by atoms with E-state index in [-0.39, 0.29) is 0 Å². The molecule has 1 nitrogen and oxygen atoms in total. The van der Waals surface area contributed by atoms with E-state index in [0.29, 0.717) is 21.8 Å². The fourth-order valence-electron chi connectivity index (χ4n) is 0.949. The third kappa shape index (κ3) is 2.51. The Morgan fingerprint density at radius 3 is 2.67 bits per heavy atom. The standard InChI is InChI=1S/C8H8Cl3N/c1-2-5-3-7(10)12-8(11)4-6(5)9/h4H,2-3H2,1H3. The Morgan fingerprint density at radius 1 is 1.42 bits per heavy atom. The van der Waals surface area contributed by atoms with Gasteiger partial charge in [0, 0.05) is 11.5 Å². The second kappa shape index (κ2) is 4.31. The van der Waals surface area contributed by atoms with Crippen molar-refractivity contribution in [1.29, 1.82) is 0 Å². The summed E-state index contributed by atoms with van der Waals surface area (Å²) in [6, 6.07) is 0. The molecule has 0 N–H and O–H groups in total. The molecule has 0 saturated carbocycles. The highest BCUT2D eigenvalue weighted by Gasteiger charge is 2.09. The molecule has 0 aromatic heterocycles. The quantitative estimate of drug-likeness (QED) is 0.597. The first kappa shape index (κ1) is 10.1. The van der Waals surface area contributed by atoms with Crippen LogP contribution in [-0.4, -0.2) is 5.17 Å². The first-order valence-corrected chi connectivity index (χ1v) is 4.74. The minimum absolute atomic E-state index is 0.341. The second-order valence-corrected chi connectivity index (χ2v) is 3.67. The Kier molecular flexibility index (Phi) is 3.63. The van der Waals surface area contributed by atoms with Crippen molar-refractivity contribution >= 4 is 40.0 Å². The van der Waals surface area contributed by atoms with Crippen LogP contribution in [0.5, 0.6) is 0 Å². The third-order valence-electron chi connectivity index (χ3n) is 1.60. The van der Waals surface area contributed by atoms with Crippen LogP contribution in [0.2, 0.25) is 0 Å². The zero-order valence-electron chi connectivity index (χ0n) is 6.57. The lowest BCUT2D eigenvalue weighted by atomic mass is 10.1. The average Bonchev–Trinajstić information content (AvgIpc) is 2.09. The third-order valence-corrected chi connectivity index (χ3v) is 2.39. The van der Waals surface area contributed by atoms with Gasteiger partial charge in [-0.25, -0.2) is 4.99 Å². The van der Waals surface area contributed by atoms with Crippen LogP contribution in [-0.2, 0) is 0 Å². The lowest BCUT2D eigenvalue weighted by molar-refractivity contribution is 1.06. The number of hydrogen-bond acceptors (Lipinski definition) is 1. The molecule has 0 aromatic carbocycles. The molecule has 0 aromatic rings. The molecule has 0 aliphatic carbocycles. The fraction of sp³-hybridized carbons (Fsp3) is 0.375. The summed E-state index contributed by atoms with van der Waals surface area (Å²) in [5, 5.41) is 1.49. The molecule has 0 atom stereocenters. The predicted octanol–water partition coefficient (Wildman–Crippen LogP) is 4.01. The number of halogens is 3. The van der Waals surface area contributed by atoms with Crippen LogP contribution >= 0.6 is 34.8 Å². The Bertz CT molecular complexity index is 276. The van der Waals surface area contributed by atoms with E-state index >= 15 is 0 Å². The molecule has 66 valence electrons.